The summed E-state index contributed by atoms with van der Waals surface area (Å²) in [5, 5.41) is 6.51. The molecular formula is C20H20F4N2O. The molecule has 3 rings (SSSR count). The van der Waals surface area contributed by atoms with Crippen LogP contribution in [0.3, 0.4) is 0 Å². The molecule has 0 aromatic heterocycles. The quantitative estimate of drug-likeness (QED) is 0.740. The van der Waals surface area contributed by atoms with Crippen LogP contribution in [0.25, 0.3) is 0 Å². The second-order valence-electron chi connectivity index (χ2n) is 6.42. The minimum Gasteiger partial charge on any atom is -0.495 e. The maximum atomic E-state index is 13.8. The van der Waals surface area contributed by atoms with Crippen LogP contribution in [0.4, 0.5) is 23.2 Å². The molecule has 3 nitrogen and oxygen atoms in total. The molecule has 0 saturated carbocycles. The first-order valence-corrected chi connectivity index (χ1v) is 8.49. The van der Waals surface area contributed by atoms with Gasteiger partial charge in [-0.3, -0.25) is 0 Å². The van der Waals surface area contributed by atoms with E-state index in [-0.39, 0.29) is 6.42 Å². The first-order chi connectivity index (χ1) is 12.8. The molecule has 1 aliphatic rings. The highest BCUT2D eigenvalue weighted by molar-refractivity contribution is 5.67. The van der Waals surface area contributed by atoms with E-state index in [4.69, 9.17) is 4.74 Å². The lowest BCUT2D eigenvalue weighted by molar-refractivity contribution is -0.140. The molecular weight excluding hydrogens is 360 g/mol. The lowest BCUT2D eigenvalue weighted by atomic mass is 9.97. The number of ether oxygens (including phenoxy) is 1. The first-order valence-electron chi connectivity index (χ1n) is 8.49. The molecule has 0 saturated heterocycles. The number of alkyl halides is 3. The van der Waals surface area contributed by atoms with Crippen LogP contribution in [0.1, 0.15) is 22.3 Å². The summed E-state index contributed by atoms with van der Waals surface area (Å²) in [6.07, 6.45) is -3.69. The molecule has 2 aromatic carbocycles. The number of hydrogen-bond acceptors (Lipinski definition) is 3. The van der Waals surface area contributed by atoms with Gasteiger partial charge in [0.15, 0.2) is 0 Å². The van der Waals surface area contributed by atoms with Crippen LogP contribution in [0.15, 0.2) is 42.6 Å². The minimum absolute atomic E-state index is 0.195. The standard InChI is InChI=1S/C20H20F4N2O/c1-12(9-13-3-5-16(17(21)10-13)20(22,23)24)26-19-15-7-8-25-11-14(15)4-6-18(19)27-2/h3-6,10,25-26H,1,7-9,11H2,2H3. The van der Waals surface area contributed by atoms with Gasteiger partial charge >= 0.3 is 6.18 Å². The molecule has 2 N–H and O–H groups in total. The monoisotopic (exact) mass is 380 g/mol. The van der Waals surface area contributed by atoms with Crippen molar-refractivity contribution < 1.29 is 22.3 Å². The third-order valence-electron chi connectivity index (χ3n) is 4.52. The molecule has 0 spiro atoms. The van der Waals surface area contributed by atoms with Crippen molar-refractivity contribution in [1.29, 1.82) is 0 Å². The molecule has 0 atom stereocenters. The summed E-state index contributed by atoms with van der Waals surface area (Å²) in [5.41, 5.74) is 2.75. The Labute approximate surface area is 155 Å². The van der Waals surface area contributed by atoms with Crippen LogP contribution in [0, 0.1) is 5.82 Å². The number of allylic oxidation sites excluding steroid dienone is 1. The van der Waals surface area contributed by atoms with E-state index < -0.39 is 17.6 Å². The zero-order valence-corrected chi connectivity index (χ0v) is 14.8. The lowest BCUT2D eigenvalue weighted by Gasteiger charge is -2.24. The molecule has 1 heterocycles. The summed E-state index contributed by atoms with van der Waals surface area (Å²) in [7, 11) is 1.57. The van der Waals surface area contributed by atoms with Gasteiger partial charge in [-0.25, -0.2) is 4.39 Å². The number of rotatable bonds is 5. The van der Waals surface area contributed by atoms with E-state index in [0.717, 1.165) is 48.5 Å². The highest BCUT2D eigenvalue weighted by Gasteiger charge is 2.33. The minimum atomic E-state index is -4.71. The predicted octanol–water partition coefficient (Wildman–Crippen LogP) is 4.67. The Morgan fingerprint density at radius 3 is 2.70 bits per heavy atom. The van der Waals surface area contributed by atoms with Crippen LogP contribution < -0.4 is 15.4 Å². The fourth-order valence-corrected chi connectivity index (χ4v) is 3.23. The average molecular weight is 380 g/mol. The number of nitrogens with one attached hydrogen (secondary N) is 2. The van der Waals surface area contributed by atoms with Crippen molar-refractivity contribution in [3.05, 3.63) is 70.7 Å². The number of methoxy groups -OCH3 is 1. The van der Waals surface area contributed by atoms with Gasteiger partial charge in [-0.15, -0.1) is 0 Å². The Kier molecular flexibility index (Phi) is 5.41. The van der Waals surface area contributed by atoms with Crippen molar-refractivity contribution >= 4 is 5.69 Å². The SMILES string of the molecule is C=C(Cc1ccc(C(F)(F)F)c(F)c1)Nc1c(OC)ccc2c1CCNC2. The number of anilines is 1. The lowest BCUT2D eigenvalue weighted by Crippen LogP contribution is -2.24. The summed E-state index contributed by atoms with van der Waals surface area (Å²) in [6.45, 7) is 5.54. The fourth-order valence-electron chi connectivity index (χ4n) is 3.23. The fraction of sp³-hybridized carbons (Fsp3) is 0.300. The first kappa shape index (κ1) is 19.2. The van der Waals surface area contributed by atoms with Crippen LogP contribution in [-0.2, 0) is 25.6 Å². The van der Waals surface area contributed by atoms with Crippen molar-refractivity contribution in [2.24, 2.45) is 0 Å². The largest absolute Gasteiger partial charge is 0.495 e. The second kappa shape index (κ2) is 7.60. The molecule has 0 bridgehead atoms. The van der Waals surface area contributed by atoms with Gasteiger partial charge in [0.1, 0.15) is 11.6 Å². The molecule has 144 valence electrons. The van der Waals surface area contributed by atoms with E-state index in [1.807, 2.05) is 12.1 Å². The summed E-state index contributed by atoms with van der Waals surface area (Å²) in [4.78, 5) is 0. The molecule has 0 unspecified atom stereocenters. The van der Waals surface area contributed by atoms with Gasteiger partial charge in [-0.2, -0.15) is 13.2 Å². The van der Waals surface area contributed by atoms with Crippen LogP contribution >= 0.6 is 0 Å². The van der Waals surface area contributed by atoms with Crippen LogP contribution in [0.5, 0.6) is 5.75 Å². The van der Waals surface area contributed by atoms with Crippen LogP contribution in [0.2, 0.25) is 0 Å². The molecule has 7 heteroatoms. The van der Waals surface area contributed by atoms with Gasteiger partial charge in [0.25, 0.3) is 0 Å². The molecule has 0 fully saturated rings. The second-order valence-corrected chi connectivity index (χ2v) is 6.42. The van der Waals surface area contributed by atoms with E-state index in [9.17, 15) is 17.6 Å². The molecule has 1 aliphatic heterocycles. The van der Waals surface area contributed by atoms with Gasteiger partial charge in [0.05, 0.1) is 18.4 Å². The molecule has 27 heavy (non-hydrogen) atoms. The van der Waals surface area contributed by atoms with E-state index >= 15 is 0 Å². The topological polar surface area (TPSA) is 33.3 Å². The summed E-state index contributed by atoms with van der Waals surface area (Å²) >= 11 is 0. The van der Waals surface area contributed by atoms with E-state index in [1.165, 1.54) is 6.07 Å². The Morgan fingerprint density at radius 1 is 1.26 bits per heavy atom. The summed E-state index contributed by atoms with van der Waals surface area (Å²) in [6, 6.07) is 6.78. The highest BCUT2D eigenvalue weighted by atomic mass is 19.4. The van der Waals surface area contributed by atoms with E-state index in [2.05, 4.69) is 17.2 Å². The smallest absolute Gasteiger partial charge is 0.419 e. The number of halogens is 4. The predicted molar refractivity (Wildman–Crippen MR) is 96.3 cm³/mol. The maximum absolute atomic E-state index is 13.8. The van der Waals surface area contributed by atoms with Gasteiger partial charge in [-0.1, -0.05) is 18.7 Å². The van der Waals surface area contributed by atoms with Gasteiger partial charge < -0.3 is 15.4 Å². The Balaban J connectivity index is 1.80. The number of hydrogen-bond donors (Lipinski definition) is 2. The van der Waals surface area contributed by atoms with Crippen molar-refractivity contribution in [3.63, 3.8) is 0 Å². The van der Waals surface area contributed by atoms with Crippen molar-refractivity contribution in [2.75, 3.05) is 19.0 Å². The highest BCUT2D eigenvalue weighted by Crippen LogP contribution is 2.35. The Morgan fingerprint density at radius 2 is 2.04 bits per heavy atom. The average Bonchev–Trinajstić information content (AvgIpc) is 2.61. The van der Waals surface area contributed by atoms with E-state index in [0.29, 0.717) is 17.0 Å². The Hall–Kier alpha value is -2.54. The van der Waals surface area contributed by atoms with Crippen molar-refractivity contribution in [2.45, 2.75) is 25.6 Å². The van der Waals surface area contributed by atoms with Crippen LogP contribution in [-0.4, -0.2) is 13.7 Å². The van der Waals surface area contributed by atoms with Gasteiger partial charge in [0, 0.05) is 18.7 Å². The van der Waals surface area contributed by atoms with Gasteiger partial charge in [-0.05, 0) is 47.9 Å². The molecule has 0 aliphatic carbocycles. The maximum Gasteiger partial charge on any atom is 0.419 e. The molecule has 0 amide bonds. The zero-order valence-electron chi connectivity index (χ0n) is 14.8. The zero-order chi connectivity index (χ0) is 19.6. The van der Waals surface area contributed by atoms with Crippen molar-refractivity contribution in [1.82, 2.24) is 5.32 Å². The Bertz CT molecular complexity index is 862. The number of fused-ring (bicyclic) bond motifs is 1. The number of benzene rings is 2. The van der Waals surface area contributed by atoms with Crippen molar-refractivity contribution in [3.8, 4) is 5.75 Å². The van der Waals surface area contributed by atoms with Gasteiger partial charge in [0.2, 0.25) is 0 Å². The molecule has 2 aromatic rings. The summed E-state index contributed by atoms with van der Waals surface area (Å²) < 4.78 is 57.3. The molecule has 0 radical (unpaired) electrons. The third kappa shape index (κ3) is 4.24. The van der Waals surface area contributed by atoms with E-state index in [1.54, 1.807) is 7.11 Å². The summed E-state index contributed by atoms with van der Waals surface area (Å²) in [5.74, 6) is -0.621. The third-order valence-corrected chi connectivity index (χ3v) is 4.52. The normalized spacial score (nSPS) is 13.8.